The molecule has 2 heterocycles. The quantitative estimate of drug-likeness (QED) is 0.782. The number of hydrogen-bond donors (Lipinski definition) is 0. The number of rotatable bonds is 4. The Hall–Kier alpha value is -1.74. The maximum Gasteiger partial charge on any atom is 0.358 e. The Bertz CT molecular complexity index is 570. The van der Waals surface area contributed by atoms with Crippen molar-refractivity contribution in [2.24, 2.45) is 0 Å². The number of esters is 1. The molecule has 19 heavy (non-hydrogen) atoms. The van der Waals surface area contributed by atoms with Crippen LogP contribution in [0.5, 0.6) is 0 Å². The molecule has 0 saturated heterocycles. The van der Waals surface area contributed by atoms with E-state index < -0.39 is 5.97 Å². The van der Waals surface area contributed by atoms with Crippen LogP contribution in [-0.2, 0) is 4.74 Å². The average molecular weight is 297 g/mol. The summed E-state index contributed by atoms with van der Waals surface area (Å²) < 4.78 is 5.32. The van der Waals surface area contributed by atoms with Crippen molar-refractivity contribution in [2.45, 2.75) is 9.37 Å². The second-order valence-corrected chi connectivity index (χ2v) is 5.80. The summed E-state index contributed by atoms with van der Waals surface area (Å²) in [7, 11) is 5.11. The first-order valence-electron chi connectivity index (χ1n) is 5.19. The van der Waals surface area contributed by atoms with Crippen LogP contribution in [0.1, 0.15) is 10.5 Å². The minimum absolute atomic E-state index is 0.179. The first kappa shape index (κ1) is 13.7. The van der Waals surface area contributed by atoms with Gasteiger partial charge in [-0.1, -0.05) is 11.3 Å². The van der Waals surface area contributed by atoms with E-state index in [0.717, 1.165) is 9.47 Å². The van der Waals surface area contributed by atoms with E-state index in [1.807, 2.05) is 19.0 Å². The number of anilines is 1. The molecule has 2 aromatic heterocycles. The summed E-state index contributed by atoms with van der Waals surface area (Å²) in [6, 6.07) is 0. The Kier molecular flexibility index (Phi) is 4.27. The normalized spacial score (nSPS) is 10.3. The minimum Gasteiger partial charge on any atom is -0.464 e. The van der Waals surface area contributed by atoms with E-state index in [4.69, 9.17) is 0 Å². The summed E-state index contributed by atoms with van der Waals surface area (Å²) in [5.41, 5.74) is 0.179. The third-order valence-electron chi connectivity index (χ3n) is 1.99. The van der Waals surface area contributed by atoms with Gasteiger partial charge in [0.05, 0.1) is 19.5 Å². The van der Waals surface area contributed by atoms with Crippen molar-refractivity contribution in [2.75, 3.05) is 26.1 Å². The van der Waals surface area contributed by atoms with Gasteiger partial charge >= 0.3 is 5.97 Å². The second kappa shape index (κ2) is 5.93. The predicted molar refractivity (Wildman–Crippen MR) is 71.7 cm³/mol. The molecule has 2 rings (SSSR count). The van der Waals surface area contributed by atoms with Gasteiger partial charge in [0.15, 0.2) is 10.0 Å². The van der Waals surface area contributed by atoms with Crippen LogP contribution in [0.4, 0.5) is 5.13 Å². The van der Waals surface area contributed by atoms with Crippen molar-refractivity contribution in [3.8, 4) is 0 Å². The molecule has 7 nitrogen and oxygen atoms in total. The van der Waals surface area contributed by atoms with Gasteiger partial charge in [-0.2, -0.15) is 0 Å². The molecule has 0 spiro atoms. The van der Waals surface area contributed by atoms with Crippen molar-refractivity contribution >= 4 is 34.2 Å². The number of nitrogens with zero attached hydrogens (tertiary/aromatic N) is 5. The fourth-order valence-corrected chi connectivity index (χ4v) is 2.71. The Morgan fingerprint density at radius 1 is 1.32 bits per heavy atom. The molecular weight excluding hydrogens is 286 g/mol. The van der Waals surface area contributed by atoms with Crippen molar-refractivity contribution in [1.29, 1.82) is 0 Å². The maximum atomic E-state index is 11.2. The van der Waals surface area contributed by atoms with Gasteiger partial charge in [0, 0.05) is 14.1 Å². The summed E-state index contributed by atoms with van der Waals surface area (Å²) in [6.07, 6.45) is 2.88. The lowest BCUT2D eigenvalue weighted by Crippen LogP contribution is -2.07. The van der Waals surface area contributed by atoms with Crippen molar-refractivity contribution in [1.82, 2.24) is 20.2 Å². The van der Waals surface area contributed by atoms with Gasteiger partial charge in [-0.25, -0.2) is 14.8 Å². The Labute approximate surface area is 118 Å². The van der Waals surface area contributed by atoms with Gasteiger partial charge in [-0.3, -0.25) is 0 Å². The maximum absolute atomic E-state index is 11.2. The Morgan fingerprint density at radius 2 is 2.11 bits per heavy atom. The Balaban J connectivity index is 2.08. The highest BCUT2D eigenvalue weighted by Gasteiger charge is 2.11. The highest BCUT2D eigenvalue weighted by molar-refractivity contribution is 8.01. The summed E-state index contributed by atoms with van der Waals surface area (Å²) in [5.74, 6) is -0.505. The lowest BCUT2D eigenvalue weighted by atomic mass is 10.5. The topological polar surface area (TPSA) is 81.1 Å². The van der Waals surface area contributed by atoms with Crippen LogP contribution in [0.2, 0.25) is 0 Å². The predicted octanol–water partition coefficient (Wildman–Crippen LogP) is 1.33. The van der Waals surface area contributed by atoms with Crippen LogP contribution < -0.4 is 4.90 Å². The summed E-state index contributed by atoms with van der Waals surface area (Å²) in [6.45, 7) is 0. The van der Waals surface area contributed by atoms with Crippen LogP contribution in [0, 0.1) is 0 Å². The monoisotopic (exact) mass is 297 g/mol. The third kappa shape index (κ3) is 3.38. The largest absolute Gasteiger partial charge is 0.464 e. The lowest BCUT2D eigenvalue weighted by molar-refractivity contribution is 0.0593. The molecular formula is C10H11N5O2S2. The smallest absolute Gasteiger partial charge is 0.358 e. The van der Waals surface area contributed by atoms with E-state index in [9.17, 15) is 4.79 Å². The fourth-order valence-electron chi connectivity index (χ4n) is 1.09. The number of carbonyl (C=O) groups is 1. The zero-order valence-corrected chi connectivity index (χ0v) is 12.2. The summed E-state index contributed by atoms with van der Waals surface area (Å²) in [4.78, 5) is 21.2. The second-order valence-electron chi connectivity index (χ2n) is 3.58. The van der Waals surface area contributed by atoms with Crippen LogP contribution in [0.25, 0.3) is 0 Å². The highest BCUT2D eigenvalue weighted by atomic mass is 32.2. The summed E-state index contributed by atoms with van der Waals surface area (Å²) >= 11 is 2.80. The van der Waals surface area contributed by atoms with E-state index >= 15 is 0 Å². The molecule has 0 N–H and O–H groups in total. The van der Waals surface area contributed by atoms with E-state index in [0.29, 0.717) is 5.03 Å². The molecule has 0 unspecified atom stereocenters. The van der Waals surface area contributed by atoms with Crippen LogP contribution in [0.15, 0.2) is 21.8 Å². The van der Waals surface area contributed by atoms with Crippen LogP contribution in [0.3, 0.4) is 0 Å². The van der Waals surface area contributed by atoms with Crippen molar-refractivity contribution < 1.29 is 9.53 Å². The van der Waals surface area contributed by atoms with Gasteiger partial charge in [-0.15, -0.1) is 10.2 Å². The number of aromatic nitrogens is 4. The Morgan fingerprint density at radius 3 is 2.63 bits per heavy atom. The fraction of sp³-hybridized carbons (Fsp3) is 0.300. The number of hydrogen-bond acceptors (Lipinski definition) is 9. The zero-order valence-electron chi connectivity index (χ0n) is 10.5. The molecule has 0 aliphatic rings. The molecule has 100 valence electrons. The van der Waals surface area contributed by atoms with Crippen LogP contribution >= 0.6 is 23.1 Å². The molecule has 2 aromatic rings. The number of carbonyl (C=O) groups excluding carboxylic acids is 1. The zero-order chi connectivity index (χ0) is 13.8. The SMILES string of the molecule is COC(=O)c1cnc(Sc2nnc(N(C)C)s2)cn1. The molecule has 0 aliphatic heterocycles. The highest BCUT2D eigenvalue weighted by Crippen LogP contribution is 2.31. The van der Waals surface area contributed by atoms with Gasteiger partial charge in [-0.05, 0) is 11.8 Å². The molecule has 0 bridgehead atoms. The minimum atomic E-state index is -0.505. The molecule has 0 aliphatic carbocycles. The van der Waals surface area contributed by atoms with Crippen molar-refractivity contribution in [3.05, 3.63) is 18.1 Å². The van der Waals surface area contributed by atoms with Gasteiger partial charge in [0.2, 0.25) is 5.13 Å². The molecule has 0 amide bonds. The lowest BCUT2D eigenvalue weighted by Gasteiger charge is -2.03. The number of methoxy groups -OCH3 is 1. The first-order chi connectivity index (χ1) is 9.10. The number of ether oxygens (including phenoxy) is 1. The molecule has 9 heteroatoms. The van der Waals surface area contributed by atoms with Crippen molar-refractivity contribution in [3.63, 3.8) is 0 Å². The van der Waals surface area contributed by atoms with Gasteiger partial charge in [0.25, 0.3) is 0 Å². The van der Waals surface area contributed by atoms with Gasteiger partial charge < -0.3 is 9.64 Å². The van der Waals surface area contributed by atoms with E-state index in [2.05, 4.69) is 24.9 Å². The first-order valence-corrected chi connectivity index (χ1v) is 6.82. The van der Waals surface area contributed by atoms with E-state index in [-0.39, 0.29) is 5.69 Å². The average Bonchev–Trinajstić information content (AvgIpc) is 2.87. The van der Waals surface area contributed by atoms with Crippen LogP contribution in [-0.4, -0.2) is 47.3 Å². The molecule has 0 fully saturated rings. The standard InChI is InChI=1S/C10H11N5O2S2/c1-15(2)9-13-14-10(19-9)18-7-5-11-6(4-12-7)8(16)17-3/h4-5H,1-3H3. The van der Waals surface area contributed by atoms with Gasteiger partial charge in [0.1, 0.15) is 5.03 Å². The molecule has 0 radical (unpaired) electrons. The van der Waals surface area contributed by atoms with E-state index in [1.54, 1.807) is 0 Å². The molecule has 0 aromatic carbocycles. The molecule has 0 atom stereocenters. The molecule has 0 saturated carbocycles. The third-order valence-corrected chi connectivity index (χ3v) is 4.05. The summed E-state index contributed by atoms with van der Waals surface area (Å²) in [5, 5.41) is 9.53. The van der Waals surface area contributed by atoms with E-state index in [1.165, 1.54) is 42.6 Å².